The molecule has 0 spiro atoms. The third-order valence-electron chi connectivity index (χ3n) is 6.40. The highest BCUT2D eigenvalue weighted by molar-refractivity contribution is 6.00. The number of carbonyl (C=O) groups excluding carboxylic acids is 3. The molecule has 4 rings (SSSR count). The summed E-state index contributed by atoms with van der Waals surface area (Å²) in [7, 11) is 0. The van der Waals surface area contributed by atoms with E-state index in [1.165, 1.54) is 0 Å². The van der Waals surface area contributed by atoms with Crippen molar-refractivity contribution in [3.05, 3.63) is 35.9 Å². The van der Waals surface area contributed by atoms with Crippen LogP contribution >= 0.6 is 0 Å². The predicted molar refractivity (Wildman–Crippen MR) is 109 cm³/mol. The minimum absolute atomic E-state index is 0.00693. The smallest absolute Gasteiger partial charge is 0.267 e. The van der Waals surface area contributed by atoms with Crippen LogP contribution in [-0.2, 0) is 20.8 Å². The second kappa shape index (κ2) is 8.53. The molecule has 2 N–H and O–H groups in total. The van der Waals surface area contributed by atoms with Gasteiger partial charge in [0.1, 0.15) is 6.04 Å². The van der Waals surface area contributed by atoms with Gasteiger partial charge in [0.05, 0.1) is 0 Å². The Labute approximate surface area is 171 Å². The molecule has 7 heteroatoms. The van der Waals surface area contributed by atoms with E-state index < -0.39 is 6.17 Å². The third kappa shape index (κ3) is 3.75. The van der Waals surface area contributed by atoms with Crippen molar-refractivity contribution in [1.82, 2.24) is 14.7 Å². The fourth-order valence-corrected chi connectivity index (χ4v) is 4.97. The molecule has 3 amide bonds. The van der Waals surface area contributed by atoms with E-state index in [0.717, 1.165) is 37.7 Å². The van der Waals surface area contributed by atoms with Crippen molar-refractivity contribution in [1.29, 1.82) is 0 Å². The molecular weight excluding hydrogens is 368 g/mol. The van der Waals surface area contributed by atoms with E-state index in [1.54, 1.807) is 14.7 Å². The Kier molecular flexibility index (Phi) is 5.85. The van der Waals surface area contributed by atoms with Gasteiger partial charge in [-0.05, 0) is 44.2 Å². The van der Waals surface area contributed by atoms with Gasteiger partial charge in [0, 0.05) is 25.6 Å². The van der Waals surface area contributed by atoms with Crippen molar-refractivity contribution >= 4 is 17.7 Å². The number of nitrogens with two attached hydrogens (primary N) is 1. The Morgan fingerprint density at radius 3 is 2.55 bits per heavy atom. The minimum Gasteiger partial charge on any atom is -0.330 e. The normalized spacial score (nSPS) is 26.7. The molecule has 1 aromatic carbocycles. The molecule has 0 bridgehead atoms. The van der Waals surface area contributed by atoms with E-state index in [9.17, 15) is 14.4 Å². The Morgan fingerprint density at radius 1 is 1.00 bits per heavy atom. The summed E-state index contributed by atoms with van der Waals surface area (Å²) in [5.41, 5.74) is 6.66. The van der Waals surface area contributed by atoms with Crippen molar-refractivity contribution in [2.24, 2.45) is 5.73 Å². The van der Waals surface area contributed by atoms with Gasteiger partial charge in [-0.3, -0.25) is 14.4 Å². The van der Waals surface area contributed by atoms with Crippen LogP contribution in [-0.4, -0.2) is 70.3 Å². The zero-order chi connectivity index (χ0) is 20.4. The summed E-state index contributed by atoms with van der Waals surface area (Å²) < 4.78 is 0. The number of amides is 3. The standard InChI is InChI=1S/C22H30N4O3/c23-11-5-2-6-12-25-19(27)15-17(14-16-8-3-1-4-9-16)26-20(25)22(29)24-13-7-10-18(24)21(26)28/h1,3-4,8-9,17-18,20H,2,5-7,10-15,23H2/t17-,18-,20?/m0/s1. The van der Waals surface area contributed by atoms with Gasteiger partial charge in [-0.2, -0.15) is 0 Å². The second-order valence-corrected chi connectivity index (χ2v) is 8.29. The van der Waals surface area contributed by atoms with Gasteiger partial charge < -0.3 is 20.4 Å². The van der Waals surface area contributed by atoms with Gasteiger partial charge in [-0.1, -0.05) is 36.8 Å². The molecule has 7 nitrogen and oxygen atoms in total. The van der Waals surface area contributed by atoms with E-state index in [0.29, 0.717) is 26.1 Å². The summed E-state index contributed by atoms with van der Waals surface area (Å²) in [6.07, 6.45) is 4.24. The molecule has 3 atom stereocenters. The number of fused-ring (bicyclic) bond motifs is 2. The van der Waals surface area contributed by atoms with Gasteiger partial charge in [-0.25, -0.2) is 0 Å². The summed E-state index contributed by atoms with van der Waals surface area (Å²) in [5.74, 6) is -0.108. The number of piperazine rings is 1. The van der Waals surface area contributed by atoms with Gasteiger partial charge in [0.15, 0.2) is 6.17 Å². The number of rotatable bonds is 7. The average Bonchev–Trinajstić information content (AvgIpc) is 3.22. The highest BCUT2D eigenvalue weighted by Gasteiger charge is 2.55. The van der Waals surface area contributed by atoms with Crippen molar-refractivity contribution in [2.45, 2.75) is 63.2 Å². The maximum absolute atomic E-state index is 13.4. The molecule has 156 valence electrons. The number of benzene rings is 1. The third-order valence-corrected chi connectivity index (χ3v) is 6.40. The van der Waals surface area contributed by atoms with E-state index in [1.807, 2.05) is 30.3 Å². The molecule has 3 aliphatic rings. The van der Waals surface area contributed by atoms with Gasteiger partial charge in [0.25, 0.3) is 5.91 Å². The predicted octanol–water partition coefficient (Wildman–Crippen LogP) is 1.12. The Morgan fingerprint density at radius 2 is 1.79 bits per heavy atom. The molecule has 29 heavy (non-hydrogen) atoms. The zero-order valence-electron chi connectivity index (χ0n) is 16.8. The monoisotopic (exact) mass is 398 g/mol. The number of carbonyl (C=O) groups is 3. The zero-order valence-corrected chi connectivity index (χ0v) is 16.8. The van der Waals surface area contributed by atoms with Crippen LogP contribution in [0.3, 0.4) is 0 Å². The number of hydrogen-bond acceptors (Lipinski definition) is 4. The lowest BCUT2D eigenvalue weighted by Gasteiger charge is -2.52. The van der Waals surface area contributed by atoms with E-state index in [4.69, 9.17) is 5.73 Å². The van der Waals surface area contributed by atoms with Crippen molar-refractivity contribution in [3.63, 3.8) is 0 Å². The maximum atomic E-state index is 13.4. The largest absolute Gasteiger partial charge is 0.330 e. The minimum atomic E-state index is -0.787. The van der Waals surface area contributed by atoms with Crippen molar-refractivity contribution in [3.8, 4) is 0 Å². The van der Waals surface area contributed by atoms with E-state index in [2.05, 4.69) is 0 Å². The quantitative estimate of drug-likeness (QED) is 0.698. The maximum Gasteiger partial charge on any atom is 0.267 e. The molecule has 0 saturated carbocycles. The average molecular weight is 399 g/mol. The molecule has 1 unspecified atom stereocenters. The lowest BCUT2D eigenvalue weighted by Crippen LogP contribution is -2.73. The number of hydrogen-bond donors (Lipinski definition) is 1. The van der Waals surface area contributed by atoms with Gasteiger partial charge in [-0.15, -0.1) is 0 Å². The van der Waals surface area contributed by atoms with Gasteiger partial charge in [0.2, 0.25) is 11.8 Å². The molecule has 3 heterocycles. The fourth-order valence-electron chi connectivity index (χ4n) is 4.97. The Balaban J connectivity index is 1.61. The summed E-state index contributed by atoms with van der Waals surface area (Å²) in [5, 5.41) is 0. The van der Waals surface area contributed by atoms with E-state index >= 15 is 0 Å². The molecule has 1 aromatic rings. The first-order valence-electron chi connectivity index (χ1n) is 10.8. The van der Waals surface area contributed by atoms with Crippen LogP contribution in [0.4, 0.5) is 0 Å². The molecule has 0 aliphatic carbocycles. The van der Waals surface area contributed by atoms with Crippen LogP contribution in [0, 0.1) is 0 Å². The fraction of sp³-hybridized carbons (Fsp3) is 0.591. The first kappa shape index (κ1) is 19.9. The van der Waals surface area contributed by atoms with Crippen LogP contribution in [0.5, 0.6) is 0 Å². The Bertz CT molecular complexity index is 769. The Hall–Kier alpha value is -2.41. The summed E-state index contributed by atoms with van der Waals surface area (Å²) in [6.45, 7) is 1.73. The van der Waals surface area contributed by atoms with Crippen LogP contribution in [0.2, 0.25) is 0 Å². The van der Waals surface area contributed by atoms with Gasteiger partial charge >= 0.3 is 0 Å². The highest BCUT2D eigenvalue weighted by Crippen LogP contribution is 2.34. The molecule has 0 aromatic heterocycles. The van der Waals surface area contributed by atoms with E-state index in [-0.39, 0.29) is 36.2 Å². The topological polar surface area (TPSA) is 86.9 Å². The first-order chi connectivity index (χ1) is 14.1. The van der Waals surface area contributed by atoms with Crippen LogP contribution in [0.25, 0.3) is 0 Å². The lowest BCUT2D eigenvalue weighted by atomic mass is 9.94. The molecule has 3 fully saturated rings. The van der Waals surface area contributed by atoms with Crippen molar-refractivity contribution < 1.29 is 14.4 Å². The number of nitrogens with zero attached hydrogens (tertiary/aromatic N) is 3. The molecule has 3 aliphatic heterocycles. The summed E-state index contributed by atoms with van der Waals surface area (Å²) in [6, 6.07) is 9.27. The SMILES string of the molecule is NCCCCCN1C(=O)C[C@H](Cc2ccccc2)N2C(=O)[C@@H]3CCCN3C(=O)C12. The first-order valence-corrected chi connectivity index (χ1v) is 10.8. The summed E-state index contributed by atoms with van der Waals surface area (Å²) >= 11 is 0. The number of unbranched alkanes of at least 4 members (excludes halogenated alkanes) is 2. The van der Waals surface area contributed by atoms with Crippen LogP contribution in [0.1, 0.15) is 44.1 Å². The molecular formula is C22H30N4O3. The lowest BCUT2D eigenvalue weighted by molar-refractivity contribution is -0.182. The van der Waals surface area contributed by atoms with Crippen LogP contribution < -0.4 is 5.73 Å². The van der Waals surface area contributed by atoms with Crippen LogP contribution in [0.15, 0.2) is 30.3 Å². The molecule has 3 saturated heterocycles. The second-order valence-electron chi connectivity index (χ2n) is 8.29. The highest BCUT2D eigenvalue weighted by atomic mass is 16.2. The van der Waals surface area contributed by atoms with Crippen molar-refractivity contribution in [2.75, 3.05) is 19.6 Å². The molecule has 0 radical (unpaired) electrons. The summed E-state index contributed by atoms with van der Waals surface area (Å²) in [4.78, 5) is 44.9.